The van der Waals surface area contributed by atoms with E-state index in [-0.39, 0.29) is 12.5 Å². The van der Waals surface area contributed by atoms with E-state index in [0.29, 0.717) is 6.42 Å². The Labute approximate surface area is 89.0 Å². The molecule has 0 aromatic rings. The molecule has 0 saturated carbocycles. The minimum absolute atomic E-state index is 0.250. The average molecular weight is 218 g/mol. The van der Waals surface area contributed by atoms with Gasteiger partial charge in [0.1, 0.15) is 12.6 Å². The van der Waals surface area contributed by atoms with E-state index in [2.05, 4.69) is 11.1 Å². The number of hydrogen-bond donors (Lipinski definition) is 4. The second-order valence-electron chi connectivity index (χ2n) is 3.97. The first-order valence-electron chi connectivity index (χ1n) is 4.92. The predicted octanol–water partition coefficient (Wildman–Crippen LogP) is -2.39. The van der Waals surface area contributed by atoms with Crippen molar-refractivity contribution in [2.24, 2.45) is 11.7 Å². The molecule has 0 saturated heterocycles. The molecule has 6 heteroatoms. The zero-order chi connectivity index (χ0) is 12.0. The Balaban J connectivity index is 4.29. The van der Waals surface area contributed by atoms with Gasteiger partial charge in [0.25, 0.3) is 5.91 Å². The van der Waals surface area contributed by atoms with E-state index in [4.69, 9.17) is 10.8 Å². The van der Waals surface area contributed by atoms with Gasteiger partial charge >= 0.3 is 0 Å². The van der Waals surface area contributed by atoms with Crippen molar-refractivity contribution in [3.63, 3.8) is 0 Å². The number of amides is 2. The molecule has 0 aliphatic rings. The summed E-state index contributed by atoms with van der Waals surface area (Å²) in [5.41, 5.74) is 8.57. The highest BCUT2D eigenvalue weighted by atomic mass is 16.3. The summed E-state index contributed by atoms with van der Waals surface area (Å²) in [5.74, 6) is -0.774. The molecule has 0 rings (SSSR count). The molecule has 0 bridgehead atoms. The Kier molecular flexibility index (Phi) is 5.88. The van der Waals surface area contributed by atoms with Gasteiger partial charge in [-0.15, -0.1) is 0 Å². The fourth-order valence-corrected chi connectivity index (χ4v) is 1.09. The van der Waals surface area contributed by atoms with Crippen molar-refractivity contribution in [3.05, 3.63) is 0 Å². The highest BCUT2D eigenvalue weighted by Crippen LogP contribution is 2.04. The van der Waals surface area contributed by atoms with Crippen LogP contribution in [0.15, 0.2) is 0 Å². The molecule has 15 heavy (non-hydrogen) atoms. The molecule has 2 atom stereocenters. The molecule has 0 aliphatic carbocycles. The standard InChI is InChI=1S/C9H19N3O3/c1-5(2)3-7(8(11)14)12-9(15)6(10)4-13/h5-7,13H,3-4,10H2,1-2H3,(H2,11,14)(H,12,15)/p+1/t6-,7+/m0/s1. The molecule has 0 spiro atoms. The number of nitrogens with two attached hydrogens (primary N) is 1. The van der Waals surface area contributed by atoms with E-state index < -0.39 is 23.9 Å². The third-order valence-electron chi connectivity index (χ3n) is 1.96. The van der Waals surface area contributed by atoms with Crippen LogP contribution in [0.1, 0.15) is 20.3 Å². The van der Waals surface area contributed by atoms with E-state index in [9.17, 15) is 9.59 Å². The molecule has 6 nitrogen and oxygen atoms in total. The maximum absolute atomic E-state index is 11.3. The maximum Gasteiger partial charge on any atom is 0.281 e. The van der Waals surface area contributed by atoms with Crippen molar-refractivity contribution in [3.8, 4) is 0 Å². The number of aliphatic hydroxyl groups is 1. The molecule has 0 unspecified atom stereocenters. The first kappa shape index (κ1) is 13.9. The average Bonchev–Trinajstić information content (AvgIpc) is 2.14. The van der Waals surface area contributed by atoms with Crippen LogP contribution in [0.2, 0.25) is 0 Å². The van der Waals surface area contributed by atoms with Crippen molar-refractivity contribution >= 4 is 11.8 Å². The SMILES string of the molecule is CC(C)C[C@@H](NC(=O)[C@@H]([NH3+])CO)C(N)=O. The summed E-state index contributed by atoms with van der Waals surface area (Å²) < 4.78 is 0. The molecule has 0 radical (unpaired) electrons. The van der Waals surface area contributed by atoms with Gasteiger partial charge in [-0.1, -0.05) is 13.8 Å². The monoisotopic (exact) mass is 218 g/mol. The Hall–Kier alpha value is -1.14. The Bertz CT molecular complexity index is 231. The lowest BCUT2D eigenvalue weighted by molar-refractivity contribution is -0.409. The minimum atomic E-state index is -0.765. The molecule has 0 heterocycles. The summed E-state index contributed by atoms with van der Waals surface area (Å²) in [6, 6.07) is -1.45. The Morgan fingerprint density at radius 3 is 2.33 bits per heavy atom. The number of quaternary nitrogens is 1. The van der Waals surface area contributed by atoms with Crippen LogP contribution in [0.4, 0.5) is 0 Å². The second-order valence-corrected chi connectivity index (χ2v) is 3.97. The third-order valence-corrected chi connectivity index (χ3v) is 1.96. The van der Waals surface area contributed by atoms with E-state index in [1.54, 1.807) is 0 Å². The third kappa shape index (κ3) is 5.34. The summed E-state index contributed by atoms with van der Waals surface area (Å²) in [4.78, 5) is 22.3. The first-order chi connectivity index (χ1) is 6.88. The lowest BCUT2D eigenvalue weighted by Crippen LogP contribution is -2.70. The largest absolute Gasteiger partial charge is 0.390 e. The van der Waals surface area contributed by atoms with E-state index in [1.807, 2.05) is 13.8 Å². The molecule has 0 aromatic heterocycles. The van der Waals surface area contributed by atoms with Crippen LogP contribution in [0.25, 0.3) is 0 Å². The summed E-state index contributed by atoms with van der Waals surface area (Å²) in [5, 5.41) is 11.2. The number of hydrogen-bond acceptors (Lipinski definition) is 3. The highest BCUT2D eigenvalue weighted by Gasteiger charge is 2.23. The number of nitrogens with one attached hydrogen (secondary N) is 1. The summed E-state index contributed by atoms with van der Waals surface area (Å²) in [7, 11) is 0. The smallest absolute Gasteiger partial charge is 0.281 e. The summed E-state index contributed by atoms with van der Waals surface area (Å²) in [6.07, 6.45) is 0.485. The maximum atomic E-state index is 11.3. The molecule has 0 aromatic carbocycles. The van der Waals surface area contributed by atoms with Crippen LogP contribution in [-0.2, 0) is 9.59 Å². The molecule has 7 N–H and O–H groups in total. The Morgan fingerprint density at radius 2 is 2.00 bits per heavy atom. The number of rotatable bonds is 6. The molecule has 0 fully saturated rings. The number of primary amides is 1. The van der Waals surface area contributed by atoms with Crippen LogP contribution in [-0.4, -0.2) is 35.6 Å². The van der Waals surface area contributed by atoms with Crippen LogP contribution >= 0.6 is 0 Å². The van der Waals surface area contributed by atoms with Crippen LogP contribution < -0.4 is 16.8 Å². The zero-order valence-corrected chi connectivity index (χ0v) is 9.19. The first-order valence-corrected chi connectivity index (χ1v) is 4.92. The zero-order valence-electron chi connectivity index (χ0n) is 9.19. The van der Waals surface area contributed by atoms with Gasteiger partial charge < -0.3 is 21.9 Å². The number of aliphatic hydroxyl groups excluding tert-OH is 1. The molecular formula is C9H20N3O3+. The molecule has 88 valence electrons. The fourth-order valence-electron chi connectivity index (χ4n) is 1.09. The van der Waals surface area contributed by atoms with Crippen molar-refractivity contribution in [1.82, 2.24) is 5.32 Å². The van der Waals surface area contributed by atoms with Crippen molar-refractivity contribution in [2.45, 2.75) is 32.4 Å². The van der Waals surface area contributed by atoms with Gasteiger partial charge in [0.2, 0.25) is 5.91 Å². The van der Waals surface area contributed by atoms with Crippen molar-refractivity contribution < 1.29 is 20.4 Å². The summed E-state index contributed by atoms with van der Waals surface area (Å²) >= 11 is 0. The van der Waals surface area contributed by atoms with Gasteiger partial charge in [0.05, 0.1) is 0 Å². The lowest BCUT2D eigenvalue weighted by atomic mass is 10.0. The predicted molar refractivity (Wildman–Crippen MR) is 54.3 cm³/mol. The second kappa shape index (κ2) is 6.36. The quantitative estimate of drug-likeness (QED) is 0.398. The van der Waals surface area contributed by atoms with E-state index in [0.717, 1.165) is 0 Å². The number of carbonyl (C=O) groups is 2. The normalized spacial score (nSPS) is 14.7. The van der Waals surface area contributed by atoms with Gasteiger partial charge in [-0.05, 0) is 12.3 Å². The minimum Gasteiger partial charge on any atom is -0.390 e. The Morgan fingerprint density at radius 1 is 1.47 bits per heavy atom. The fraction of sp³-hybridized carbons (Fsp3) is 0.778. The molecular weight excluding hydrogens is 198 g/mol. The highest BCUT2D eigenvalue weighted by molar-refractivity contribution is 5.88. The van der Waals surface area contributed by atoms with Crippen LogP contribution in [0.5, 0.6) is 0 Å². The van der Waals surface area contributed by atoms with Gasteiger partial charge in [-0.3, -0.25) is 9.59 Å². The number of carbonyl (C=O) groups excluding carboxylic acids is 2. The molecule has 2 amide bonds. The van der Waals surface area contributed by atoms with Gasteiger partial charge in [-0.25, -0.2) is 0 Å². The van der Waals surface area contributed by atoms with Crippen molar-refractivity contribution in [1.29, 1.82) is 0 Å². The van der Waals surface area contributed by atoms with Gasteiger partial charge in [-0.2, -0.15) is 0 Å². The van der Waals surface area contributed by atoms with Crippen LogP contribution in [0, 0.1) is 5.92 Å². The van der Waals surface area contributed by atoms with Crippen LogP contribution in [0.3, 0.4) is 0 Å². The van der Waals surface area contributed by atoms with E-state index in [1.165, 1.54) is 0 Å². The molecule has 0 aliphatic heterocycles. The topological polar surface area (TPSA) is 120 Å². The van der Waals surface area contributed by atoms with Crippen molar-refractivity contribution in [2.75, 3.05) is 6.61 Å². The van der Waals surface area contributed by atoms with E-state index >= 15 is 0 Å². The lowest BCUT2D eigenvalue weighted by Gasteiger charge is -2.17. The van der Waals surface area contributed by atoms with Gasteiger partial charge in [0, 0.05) is 0 Å². The summed E-state index contributed by atoms with van der Waals surface area (Å²) in [6.45, 7) is 3.50. The van der Waals surface area contributed by atoms with Gasteiger partial charge in [0.15, 0.2) is 6.04 Å².